The van der Waals surface area contributed by atoms with Crippen LogP contribution in [-0.2, 0) is 9.84 Å². The molecule has 156 valence electrons. The first-order valence-corrected chi connectivity index (χ1v) is 12.6. The van der Waals surface area contributed by atoms with Crippen molar-refractivity contribution in [3.63, 3.8) is 0 Å². The number of piperidine rings is 1. The smallest absolute Gasteiger partial charge is 0.194 e. The third kappa shape index (κ3) is 5.97. The Bertz CT molecular complexity index is 625. The third-order valence-corrected chi connectivity index (χ3v) is 8.70. The molecule has 27 heavy (non-hydrogen) atoms. The molecule has 4 aliphatic rings. The monoisotopic (exact) mass is 509 g/mol. The lowest BCUT2D eigenvalue weighted by atomic mass is 9.74. The van der Waals surface area contributed by atoms with Gasteiger partial charge < -0.3 is 10.2 Å². The van der Waals surface area contributed by atoms with E-state index in [0.717, 1.165) is 25.5 Å². The lowest BCUT2D eigenvalue weighted by molar-refractivity contribution is 0.115. The third-order valence-electron chi connectivity index (χ3n) is 6.86. The van der Waals surface area contributed by atoms with Gasteiger partial charge in [-0.05, 0) is 56.3 Å². The lowest BCUT2D eigenvalue weighted by Gasteiger charge is -2.44. The number of hydrogen-bond donors (Lipinski definition) is 1. The second-order valence-electron chi connectivity index (χ2n) is 9.29. The number of nitrogens with zero attached hydrogens (tertiary/aromatic N) is 2. The second-order valence-corrected chi connectivity index (χ2v) is 11.5. The first-order valence-electron chi connectivity index (χ1n) is 10.8. The summed E-state index contributed by atoms with van der Waals surface area (Å²) in [4.78, 5) is 7.45. The maximum atomic E-state index is 11.7. The van der Waals surface area contributed by atoms with Crippen molar-refractivity contribution in [1.29, 1.82) is 0 Å². The minimum absolute atomic E-state index is 0. The van der Waals surface area contributed by atoms with E-state index in [4.69, 9.17) is 4.99 Å². The van der Waals surface area contributed by atoms with Gasteiger partial charge in [0.15, 0.2) is 15.8 Å². The molecule has 0 aromatic heterocycles. The highest BCUT2D eigenvalue weighted by molar-refractivity contribution is 14.0. The van der Waals surface area contributed by atoms with Gasteiger partial charge in [-0.3, -0.25) is 4.99 Å². The van der Waals surface area contributed by atoms with Crippen molar-refractivity contribution in [1.82, 2.24) is 10.2 Å². The molecule has 0 aromatic carbocycles. The molecule has 0 radical (unpaired) electrons. The van der Waals surface area contributed by atoms with Gasteiger partial charge in [0.25, 0.3) is 0 Å². The quantitative estimate of drug-likeness (QED) is 0.359. The predicted octanol–water partition coefficient (Wildman–Crippen LogP) is 3.58. The van der Waals surface area contributed by atoms with Crippen molar-refractivity contribution in [2.75, 3.05) is 31.1 Å². The number of likely N-dealkylation sites (tertiary alicyclic amines) is 1. The molecule has 1 atom stereocenters. The van der Waals surface area contributed by atoms with Crippen LogP contribution in [0.25, 0.3) is 0 Å². The number of aliphatic imine (C=N–C) groups is 1. The molecule has 1 N–H and O–H groups in total. The van der Waals surface area contributed by atoms with E-state index in [2.05, 4.69) is 10.2 Å². The Balaban J connectivity index is 0.00000210. The molecule has 2 saturated heterocycles. The summed E-state index contributed by atoms with van der Waals surface area (Å²) in [5.74, 6) is 1.97. The van der Waals surface area contributed by atoms with Crippen LogP contribution in [0.1, 0.15) is 70.6 Å². The molecule has 4 rings (SSSR count). The van der Waals surface area contributed by atoms with Crippen LogP contribution in [0.3, 0.4) is 0 Å². The van der Waals surface area contributed by atoms with Gasteiger partial charge >= 0.3 is 0 Å². The molecule has 4 fully saturated rings. The van der Waals surface area contributed by atoms with Crippen LogP contribution in [-0.4, -0.2) is 56.5 Å². The van der Waals surface area contributed by atoms with E-state index in [1.807, 2.05) is 0 Å². The summed E-state index contributed by atoms with van der Waals surface area (Å²) < 4.78 is 23.5. The van der Waals surface area contributed by atoms with Gasteiger partial charge in [-0.25, -0.2) is 8.42 Å². The summed E-state index contributed by atoms with van der Waals surface area (Å²) in [5, 5.41) is 3.67. The Kier molecular flexibility index (Phi) is 7.36. The van der Waals surface area contributed by atoms with Crippen molar-refractivity contribution in [3.8, 4) is 0 Å². The average molecular weight is 509 g/mol. The Morgan fingerprint density at radius 2 is 1.74 bits per heavy atom. The molecule has 0 bridgehead atoms. The van der Waals surface area contributed by atoms with E-state index in [-0.39, 0.29) is 29.9 Å². The van der Waals surface area contributed by atoms with E-state index >= 15 is 0 Å². The number of nitrogens with one attached hydrogen (secondary N) is 1. The highest BCUT2D eigenvalue weighted by atomic mass is 127. The summed E-state index contributed by atoms with van der Waals surface area (Å²) in [6.07, 6.45) is 14.2. The summed E-state index contributed by atoms with van der Waals surface area (Å²) in [5.41, 5.74) is 0.497. The summed E-state index contributed by atoms with van der Waals surface area (Å²) in [7, 11) is -2.81. The fourth-order valence-corrected chi connectivity index (χ4v) is 7.00. The molecule has 0 aromatic rings. The highest BCUT2D eigenvalue weighted by Crippen LogP contribution is 2.42. The highest BCUT2D eigenvalue weighted by Gasteiger charge is 2.37. The molecule has 2 aliphatic carbocycles. The summed E-state index contributed by atoms with van der Waals surface area (Å²) in [6, 6.07) is 0.591. The van der Waals surface area contributed by atoms with Crippen LogP contribution in [0.5, 0.6) is 0 Å². The molecule has 7 heteroatoms. The Hall–Kier alpha value is -0.0500. The molecular formula is C20H36IN3O2S. The Morgan fingerprint density at radius 1 is 1.04 bits per heavy atom. The predicted molar refractivity (Wildman–Crippen MR) is 122 cm³/mol. The van der Waals surface area contributed by atoms with Crippen molar-refractivity contribution < 1.29 is 8.42 Å². The van der Waals surface area contributed by atoms with Gasteiger partial charge in [0.05, 0.1) is 11.5 Å². The molecule has 2 saturated carbocycles. The van der Waals surface area contributed by atoms with Crippen molar-refractivity contribution in [3.05, 3.63) is 0 Å². The normalized spacial score (nSPS) is 30.6. The SMILES string of the molecule is I.O=S1(=O)CCC(CN=C(NC2CC2)N2CCCC3(CCCCCC3)C2)C1. The van der Waals surface area contributed by atoms with Crippen LogP contribution in [0.2, 0.25) is 0 Å². The minimum atomic E-state index is -2.81. The molecule has 1 unspecified atom stereocenters. The molecule has 0 amide bonds. The van der Waals surface area contributed by atoms with Gasteiger partial charge in [-0.15, -0.1) is 24.0 Å². The van der Waals surface area contributed by atoms with E-state index in [0.29, 0.717) is 29.5 Å². The van der Waals surface area contributed by atoms with Crippen LogP contribution in [0.15, 0.2) is 4.99 Å². The maximum absolute atomic E-state index is 11.7. The zero-order valence-corrected chi connectivity index (χ0v) is 19.6. The van der Waals surface area contributed by atoms with Crippen LogP contribution < -0.4 is 5.32 Å². The Labute approximate surface area is 182 Å². The first kappa shape index (κ1) is 21.7. The zero-order chi connectivity index (χ0) is 18.0. The number of guanidine groups is 1. The molecule has 2 heterocycles. The van der Waals surface area contributed by atoms with Gasteiger partial charge in [0.2, 0.25) is 0 Å². The van der Waals surface area contributed by atoms with Crippen molar-refractivity contribution in [2.24, 2.45) is 16.3 Å². The van der Waals surface area contributed by atoms with E-state index < -0.39 is 9.84 Å². The van der Waals surface area contributed by atoms with Crippen molar-refractivity contribution in [2.45, 2.75) is 76.7 Å². The molecule has 5 nitrogen and oxygen atoms in total. The van der Waals surface area contributed by atoms with Gasteiger partial charge in [-0.2, -0.15) is 0 Å². The van der Waals surface area contributed by atoms with Gasteiger partial charge in [0.1, 0.15) is 0 Å². The lowest BCUT2D eigenvalue weighted by Crippen LogP contribution is -2.51. The van der Waals surface area contributed by atoms with Crippen LogP contribution in [0, 0.1) is 11.3 Å². The van der Waals surface area contributed by atoms with Crippen molar-refractivity contribution >= 4 is 39.8 Å². The zero-order valence-electron chi connectivity index (χ0n) is 16.5. The number of hydrogen-bond acceptors (Lipinski definition) is 3. The number of sulfone groups is 1. The first-order chi connectivity index (χ1) is 12.5. The molecule has 2 aliphatic heterocycles. The fourth-order valence-electron chi connectivity index (χ4n) is 5.15. The standard InChI is InChI=1S/C20H35N3O2S.HI/c24-26(25)13-8-17(15-26)14-21-19(22-18-6-7-18)23-12-5-11-20(16-23)9-3-1-2-4-10-20;/h17-18H,1-16H2,(H,21,22);1H. The molecule has 1 spiro atoms. The van der Waals surface area contributed by atoms with E-state index in [1.54, 1.807) is 0 Å². The molecular weight excluding hydrogens is 473 g/mol. The minimum Gasteiger partial charge on any atom is -0.354 e. The van der Waals surface area contributed by atoms with Gasteiger partial charge in [0, 0.05) is 25.7 Å². The van der Waals surface area contributed by atoms with Crippen LogP contribution >= 0.6 is 24.0 Å². The van der Waals surface area contributed by atoms with Gasteiger partial charge in [-0.1, -0.05) is 25.7 Å². The topological polar surface area (TPSA) is 61.8 Å². The average Bonchev–Trinajstić information content (AvgIpc) is 3.39. The maximum Gasteiger partial charge on any atom is 0.194 e. The summed E-state index contributed by atoms with van der Waals surface area (Å²) >= 11 is 0. The fraction of sp³-hybridized carbons (Fsp3) is 0.950. The Morgan fingerprint density at radius 3 is 2.37 bits per heavy atom. The number of rotatable bonds is 3. The second kappa shape index (κ2) is 9.18. The van der Waals surface area contributed by atoms with E-state index in [1.165, 1.54) is 64.2 Å². The van der Waals surface area contributed by atoms with E-state index in [9.17, 15) is 8.42 Å². The largest absolute Gasteiger partial charge is 0.354 e. The van der Waals surface area contributed by atoms with Crippen LogP contribution in [0.4, 0.5) is 0 Å². The summed E-state index contributed by atoms with van der Waals surface area (Å²) in [6.45, 7) is 2.91. The number of halogens is 1.